The van der Waals surface area contributed by atoms with Crippen LogP contribution in [-0.4, -0.2) is 14.5 Å². The van der Waals surface area contributed by atoms with Crippen molar-refractivity contribution in [3.63, 3.8) is 0 Å². The number of rotatable bonds is 2. The van der Waals surface area contributed by atoms with Crippen LogP contribution in [0.4, 0.5) is 14.5 Å². The normalized spacial score (nSPS) is 17.9. The summed E-state index contributed by atoms with van der Waals surface area (Å²) in [4.78, 5) is -0.507. The fraction of sp³-hybridized carbons (Fsp3) is 0.200. The summed E-state index contributed by atoms with van der Waals surface area (Å²) in [6.07, 6.45) is 0.568. The molecule has 0 spiro atoms. The Balaban J connectivity index is 2.15. The Bertz CT molecular complexity index is 805. The van der Waals surface area contributed by atoms with E-state index < -0.39 is 26.6 Å². The first kappa shape index (κ1) is 14.0. The van der Waals surface area contributed by atoms with Gasteiger partial charge in [-0.3, -0.25) is 4.31 Å². The van der Waals surface area contributed by atoms with Crippen molar-refractivity contribution in [2.45, 2.75) is 24.3 Å². The van der Waals surface area contributed by atoms with E-state index in [1.54, 1.807) is 19.1 Å². The Morgan fingerprint density at radius 2 is 1.86 bits per heavy atom. The maximum Gasteiger partial charge on any atom is 0.267 e. The number of sulfonamides is 1. The number of nitrogens with zero attached hydrogens (tertiary/aromatic N) is 1. The highest BCUT2D eigenvalue weighted by Gasteiger charge is 2.37. The van der Waals surface area contributed by atoms with Gasteiger partial charge < -0.3 is 0 Å². The van der Waals surface area contributed by atoms with Gasteiger partial charge in [0.2, 0.25) is 0 Å². The Morgan fingerprint density at radius 3 is 2.57 bits per heavy atom. The van der Waals surface area contributed by atoms with Crippen molar-refractivity contribution in [3.05, 3.63) is 59.7 Å². The predicted molar refractivity (Wildman–Crippen MR) is 75.6 cm³/mol. The third kappa shape index (κ3) is 2.19. The van der Waals surface area contributed by atoms with E-state index in [-0.39, 0.29) is 6.04 Å². The number of hydrogen-bond donors (Lipinski definition) is 0. The molecule has 0 unspecified atom stereocenters. The number of halogens is 2. The minimum atomic E-state index is -4.06. The summed E-state index contributed by atoms with van der Waals surface area (Å²) in [6, 6.07) is 9.30. The molecular formula is C15H13F2NO2S. The van der Waals surface area contributed by atoms with Gasteiger partial charge in [-0.2, -0.15) is 0 Å². The van der Waals surface area contributed by atoms with Gasteiger partial charge in [-0.25, -0.2) is 17.2 Å². The van der Waals surface area contributed by atoms with E-state index in [1.807, 2.05) is 12.1 Å². The summed E-state index contributed by atoms with van der Waals surface area (Å²) in [5, 5.41) is 0. The zero-order chi connectivity index (χ0) is 15.2. The van der Waals surface area contributed by atoms with Gasteiger partial charge >= 0.3 is 0 Å². The van der Waals surface area contributed by atoms with Crippen LogP contribution in [0.5, 0.6) is 0 Å². The summed E-state index contributed by atoms with van der Waals surface area (Å²) in [6.45, 7) is 1.76. The molecule has 6 heteroatoms. The second-order valence-electron chi connectivity index (χ2n) is 5.06. The number of benzene rings is 2. The molecule has 1 atom stereocenters. The van der Waals surface area contributed by atoms with Crippen LogP contribution in [0.25, 0.3) is 0 Å². The van der Waals surface area contributed by atoms with Crippen molar-refractivity contribution < 1.29 is 17.2 Å². The van der Waals surface area contributed by atoms with E-state index >= 15 is 0 Å². The third-order valence-corrected chi connectivity index (χ3v) is 5.54. The van der Waals surface area contributed by atoms with Gasteiger partial charge in [0.05, 0.1) is 5.69 Å². The molecule has 0 saturated carbocycles. The molecule has 0 radical (unpaired) electrons. The van der Waals surface area contributed by atoms with Crippen LogP contribution in [0, 0.1) is 11.6 Å². The lowest BCUT2D eigenvalue weighted by molar-refractivity contribution is 0.545. The summed E-state index contributed by atoms with van der Waals surface area (Å²) in [5.41, 5.74) is 1.45. The zero-order valence-electron chi connectivity index (χ0n) is 11.3. The summed E-state index contributed by atoms with van der Waals surface area (Å²) in [5.74, 6) is -1.88. The number of fused-ring (bicyclic) bond motifs is 1. The van der Waals surface area contributed by atoms with Gasteiger partial charge in [0.25, 0.3) is 10.0 Å². The SMILES string of the molecule is C[C@@H]1Cc2ccccc2N1S(=O)(=O)c1ccc(F)cc1F. The standard InChI is InChI=1S/C15H13F2NO2S/c1-10-8-11-4-2-3-5-14(11)18(10)21(19,20)15-7-6-12(16)9-13(15)17/h2-7,9-10H,8H2,1H3/t10-/m1/s1. The van der Waals surface area contributed by atoms with Gasteiger partial charge in [-0.05, 0) is 37.1 Å². The van der Waals surface area contributed by atoms with E-state index in [2.05, 4.69) is 0 Å². The topological polar surface area (TPSA) is 37.4 Å². The molecule has 21 heavy (non-hydrogen) atoms. The summed E-state index contributed by atoms with van der Waals surface area (Å²) in [7, 11) is -4.06. The highest BCUT2D eigenvalue weighted by molar-refractivity contribution is 7.92. The number of para-hydroxylation sites is 1. The fourth-order valence-corrected chi connectivity index (χ4v) is 4.44. The molecule has 0 saturated heterocycles. The Morgan fingerprint density at radius 1 is 1.14 bits per heavy atom. The first-order valence-electron chi connectivity index (χ1n) is 6.48. The summed E-state index contributed by atoms with van der Waals surface area (Å²) >= 11 is 0. The zero-order valence-corrected chi connectivity index (χ0v) is 12.1. The van der Waals surface area contributed by atoms with Crippen molar-refractivity contribution in [2.75, 3.05) is 4.31 Å². The van der Waals surface area contributed by atoms with E-state index in [9.17, 15) is 17.2 Å². The van der Waals surface area contributed by atoms with Crippen molar-refractivity contribution in [2.24, 2.45) is 0 Å². The van der Waals surface area contributed by atoms with E-state index in [1.165, 1.54) is 4.31 Å². The molecule has 0 N–H and O–H groups in total. The number of hydrogen-bond acceptors (Lipinski definition) is 2. The van der Waals surface area contributed by atoms with E-state index in [4.69, 9.17) is 0 Å². The molecule has 0 aliphatic carbocycles. The molecule has 3 nitrogen and oxygen atoms in total. The first-order chi connectivity index (χ1) is 9.91. The first-order valence-corrected chi connectivity index (χ1v) is 7.92. The van der Waals surface area contributed by atoms with E-state index in [0.717, 1.165) is 17.7 Å². The second kappa shape index (κ2) is 4.80. The minimum Gasteiger partial charge on any atom is -0.263 e. The lowest BCUT2D eigenvalue weighted by Crippen LogP contribution is -2.36. The molecule has 0 bridgehead atoms. The minimum absolute atomic E-state index is 0.308. The molecule has 1 aliphatic heterocycles. The van der Waals surface area contributed by atoms with Gasteiger partial charge in [-0.1, -0.05) is 18.2 Å². The van der Waals surface area contributed by atoms with Crippen molar-refractivity contribution in [1.29, 1.82) is 0 Å². The van der Waals surface area contributed by atoms with Crippen molar-refractivity contribution in [3.8, 4) is 0 Å². The quantitative estimate of drug-likeness (QED) is 0.855. The second-order valence-corrected chi connectivity index (χ2v) is 6.84. The lowest BCUT2D eigenvalue weighted by atomic mass is 10.1. The maximum atomic E-state index is 13.9. The van der Waals surface area contributed by atoms with Crippen LogP contribution in [0.1, 0.15) is 12.5 Å². The molecule has 0 amide bonds. The number of anilines is 1. The fourth-order valence-electron chi connectivity index (χ4n) is 2.69. The van der Waals surface area contributed by atoms with Crippen LogP contribution in [0.15, 0.2) is 47.4 Å². The van der Waals surface area contributed by atoms with Gasteiger partial charge in [0, 0.05) is 12.1 Å². The molecule has 0 fully saturated rings. The van der Waals surface area contributed by atoms with E-state index in [0.29, 0.717) is 18.2 Å². The van der Waals surface area contributed by atoms with Crippen LogP contribution in [-0.2, 0) is 16.4 Å². The van der Waals surface area contributed by atoms with Crippen molar-refractivity contribution >= 4 is 15.7 Å². The van der Waals surface area contributed by atoms with Gasteiger partial charge in [-0.15, -0.1) is 0 Å². The Hall–Kier alpha value is -1.95. The average Bonchev–Trinajstić information content (AvgIpc) is 2.74. The highest BCUT2D eigenvalue weighted by atomic mass is 32.2. The monoisotopic (exact) mass is 309 g/mol. The molecule has 110 valence electrons. The summed E-state index contributed by atoms with van der Waals surface area (Å²) < 4.78 is 53.5. The lowest BCUT2D eigenvalue weighted by Gasteiger charge is -2.24. The highest BCUT2D eigenvalue weighted by Crippen LogP contribution is 2.36. The molecule has 2 aromatic carbocycles. The Kier molecular flexibility index (Phi) is 3.20. The van der Waals surface area contributed by atoms with Crippen LogP contribution in [0.2, 0.25) is 0 Å². The molecule has 1 heterocycles. The molecular weight excluding hydrogens is 296 g/mol. The third-order valence-electron chi connectivity index (χ3n) is 3.58. The van der Waals surface area contributed by atoms with Crippen LogP contribution < -0.4 is 4.31 Å². The largest absolute Gasteiger partial charge is 0.267 e. The smallest absolute Gasteiger partial charge is 0.263 e. The predicted octanol–water partition coefficient (Wildman–Crippen LogP) is 3.10. The van der Waals surface area contributed by atoms with Gasteiger partial charge in [0.1, 0.15) is 16.5 Å². The molecule has 1 aliphatic rings. The molecule has 2 aromatic rings. The molecule has 3 rings (SSSR count). The molecule has 0 aromatic heterocycles. The maximum absolute atomic E-state index is 13.9. The van der Waals surface area contributed by atoms with Crippen LogP contribution >= 0.6 is 0 Å². The van der Waals surface area contributed by atoms with Crippen LogP contribution in [0.3, 0.4) is 0 Å². The van der Waals surface area contributed by atoms with Crippen molar-refractivity contribution in [1.82, 2.24) is 0 Å². The Labute approximate surface area is 121 Å². The average molecular weight is 309 g/mol. The van der Waals surface area contributed by atoms with Gasteiger partial charge in [0.15, 0.2) is 0 Å².